The lowest BCUT2D eigenvalue weighted by molar-refractivity contribution is 0.669. The molecule has 5 nitrogen and oxygen atoms in total. The zero-order chi connectivity index (χ0) is 39.1. The molecule has 0 radical (unpaired) electrons. The van der Waals surface area contributed by atoms with E-state index in [2.05, 4.69) is 0 Å². The van der Waals surface area contributed by atoms with Crippen LogP contribution in [0.25, 0.3) is 94.7 Å². The zero-order valence-corrected chi connectivity index (χ0v) is 26.3. The minimum Gasteiger partial charge on any atom is -0.456 e. The Balaban J connectivity index is 1.36. The fraction of sp³-hybridized carbons (Fsp3) is 0. The predicted molar refractivity (Wildman–Crippen MR) is 203 cm³/mol. The lowest BCUT2D eigenvalue weighted by Gasteiger charge is -2.11. The van der Waals surface area contributed by atoms with E-state index < -0.39 is 12.1 Å². The number of aromatic nitrogens is 4. The van der Waals surface area contributed by atoms with Gasteiger partial charge in [0.15, 0.2) is 17.5 Å². The summed E-state index contributed by atoms with van der Waals surface area (Å²) in [5.41, 5.74) is 5.06. The summed E-state index contributed by atoms with van der Waals surface area (Å²) in [7, 11) is 0. The maximum Gasteiger partial charge on any atom is 0.164 e. The lowest BCUT2D eigenvalue weighted by atomic mass is 10.0. The number of hydrogen-bond acceptors (Lipinski definition) is 4. The fourth-order valence-corrected chi connectivity index (χ4v) is 6.59. The van der Waals surface area contributed by atoms with E-state index in [1.165, 1.54) is 0 Å². The first-order valence-corrected chi connectivity index (χ1v) is 16.1. The van der Waals surface area contributed by atoms with Crippen LogP contribution in [0.4, 0.5) is 0 Å². The molecule has 0 fully saturated rings. The molecule has 0 aliphatic heterocycles. The van der Waals surface area contributed by atoms with Gasteiger partial charge in [-0.2, -0.15) is 0 Å². The van der Waals surface area contributed by atoms with Crippen LogP contribution in [-0.4, -0.2) is 19.5 Å². The van der Waals surface area contributed by atoms with Gasteiger partial charge in [0.05, 0.1) is 31.7 Å². The van der Waals surface area contributed by atoms with Crippen LogP contribution in [0.2, 0.25) is 0 Å². The summed E-state index contributed by atoms with van der Waals surface area (Å²) < 4.78 is 72.6. The second-order valence-electron chi connectivity index (χ2n) is 11.9. The summed E-state index contributed by atoms with van der Waals surface area (Å²) in [4.78, 5) is 14.4. The van der Waals surface area contributed by atoms with Crippen molar-refractivity contribution in [2.75, 3.05) is 0 Å². The van der Waals surface area contributed by atoms with Crippen molar-refractivity contribution in [3.05, 3.63) is 170 Å². The van der Waals surface area contributed by atoms with Crippen molar-refractivity contribution in [2.24, 2.45) is 0 Å². The molecule has 7 aromatic carbocycles. The predicted octanol–water partition coefficient (Wildman–Crippen LogP) is 11.5. The highest BCUT2D eigenvalue weighted by molar-refractivity contribution is 6.15. The third kappa shape index (κ3) is 4.60. The SMILES string of the molecule is [2H]c1c([2H])c([2H])c2c(c1[2H])c1c([2H])c([2H])c(-c3nc(-c4ccccc4)nc(-c4ccccc4)n3)c([2H])c1n2-c1cccc2oc3ccc(-c4ccccc4)cc3c12. The van der Waals surface area contributed by atoms with Crippen LogP contribution in [0.15, 0.2) is 174 Å². The minimum absolute atomic E-state index is 0.00365. The van der Waals surface area contributed by atoms with Crippen molar-refractivity contribution in [2.45, 2.75) is 0 Å². The van der Waals surface area contributed by atoms with Gasteiger partial charge in [-0.25, -0.2) is 15.0 Å². The molecule has 0 amide bonds. The summed E-state index contributed by atoms with van der Waals surface area (Å²) in [6.45, 7) is 0. The monoisotopic (exact) mass is 647 g/mol. The molecule has 10 rings (SSSR count). The smallest absolute Gasteiger partial charge is 0.164 e. The molecule has 3 heterocycles. The highest BCUT2D eigenvalue weighted by Crippen LogP contribution is 2.40. The first-order chi connectivity index (χ1) is 27.7. The molecule has 234 valence electrons. The topological polar surface area (TPSA) is 56.7 Å². The Kier molecular flexibility index (Phi) is 4.99. The maximum atomic E-state index is 9.95. The normalized spacial score (nSPS) is 13.6. The van der Waals surface area contributed by atoms with Crippen LogP contribution < -0.4 is 0 Å². The number of nitrogens with zero attached hydrogens (tertiary/aromatic N) is 4. The van der Waals surface area contributed by atoms with E-state index in [0.717, 1.165) is 16.5 Å². The largest absolute Gasteiger partial charge is 0.456 e. The number of benzene rings is 7. The number of hydrogen-bond donors (Lipinski definition) is 0. The van der Waals surface area contributed by atoms with Crippen LogP contribution in [0.5, 0.6) is 0 Å². The minimum atomic E-state index is -0.481. The Morgan fingerprint density at radius 3 is 1.78 bits per heavy atom. The molecule has 50 heavy (non-hydrogen) atoms. The summed E-state index contributed by atoms with van der Waals surface area (Å²) in [6, 6.07) is 37.3. The highest BCUT2D eigenvalue weighted by Gasteiger charge is 2.20. The van der Waals surface area contributed by atoms with E-state index in [4.69, 9.17) is 23.5 Å². The first kappa shape index (κ1) is 21.9. The summed E-state index contributed by atoms with van der Waals surface area (Å²) in [5, 5.41) is 1.49. The van der Waals surface area contributed by atoms with Crippen molar-refractivity contribution in [1.82, 2.24) is 19.5 Å². The molecule has 0 bridgehead atoms. The second kappa shape index (κ2) is 11.4. The Morgan fingerprint density at radius 2 is 1.08 bits per heavy atom. The molecule has 5 heteroatoms. The standard InChI is InChI=1S/C45H28N4O/c1-4-13-29(14-5-1)32-24-26-40-36(27-32)42-38(21-12-22-41(42)50-40)49-37-20-11-10-19-34(37)35-25-23-33(28-39(35)49)45-47-43(30-15-6-2-7-16-30)46-44(48-45)31-17-8-3-9-18-31/h1-28H/i10D,11D,19D,20D,23D,25D,28D. The van der Waals surface area contributed by atoms with Gasteiger partial charge >= 0.3 is 0 Å². The van der Waals surface area contributed by atoms with E-state index in [0.29, 0.717) is 45.0 Å². The molecular weight excluding hydrogens is 613 g/mol. The van der Waals surface area contributed by atoms with Crippen molar-refractivity contribution in [3.63, 3.8) is 0 Å². The number of furan rings is 1. The average molecular weight is 648 g/mol. The summed E-state index contributed by atoms with van der Waals surface area (Å²) in [6.07, 6.45) is 0. The molecule has 0 aliphatic rings. The van der Waals surface area contributed by atoms with Gasteiger partial charge in [-0.3, -0.25) is 0 Å². The first-order valence-electron chi connectivity index (χ1n) is 19.6. The van der Waals surface area contributed by atoms with Gasteiger partial charge in [0.25, 0.3) is 0 Å². The third-order valence-corrected chi connectivity index (χ3v) is 8.90. The van der Waals surface area contributed by atoms with Gasteiger partial charge in [-0.05, 0) is 47.5 Å². The van der Waals surface area contributed by atoms with E-state index in [-0.39, 0.29) is 63.4 Å². The Labute approximate surface area is 297 Å². The quantitative estimate of drug-likeness (QED) is 0.186. The molecule has 0 aliphatic carbocycles. The van der Waals surface area contributed by atoms with Crippen LogP contribution in [0.1, 0.15) is 9.60 Å². The molecule has 10 aromatic rings. The van der Waals surface area contributed by atoms with E-state index in [1.54, 1.807) is 10.6 Å². The Morgan fingerprint density at radius 1 is 0.460 bits per heavy atom. The van der Waals surface area contributed by atoms with Gasteiger partial charge in [0.2, 0.25) is 0 Å². The van der Waals surface area contributed by atoms with Crippen LogP contribution in [0, 0.1) is 0 Å². The average Bonchev–Trinajstić information content (AvgIpc) is 3.82. The van der Waals surface area contributed by atoms with Crippen LogP contribution >= 0.6 is 0 Å². The molecule has 0 N–H and O–H groups in total. The van der Waals surface area contributed by atoms with Gasteiger partial charge < -0.3 is 8.98 Å². The van der Waals surface area contributed by atoms with Crippen molar-refractivity contribution >= 4 is 43.7 Å². The van der Waals surface area contributed by atoms with E-state index in [9.17, 15) is 5.48 Å². The van der Waals surface area contributed by atoms with Crippen molar-refractivity contribution in [1.29, 1.82) is 0 Å². The van der Waals surface area contributed by atoms with E-state index >= 15 is 0 Å². The van der Waals surface area contributed by atoms with Gasteiger partial charge in [0, 0.05) is 32.8 Å². The third-order valence-electron chi connectivity index (χ3n) is 8.90. The summed E-state index contributed by atoms with van der Waals surface area (Å²) >= 11 is 0. The molecule has 3 aromatic heterocycles. The molecule has 0 spiro atoms. The van der Waals surface area contributed by atoms with Gasteiger partial charge in [-0.1, -0.05) is 133 Å². The lowest BCUT2D eigenvalue weighted by Crippen LogP contribution is -2.00. The zero-order valence-electron chi connectivity index (χ0n) is 33.3. The fourth-order valence-electron chi connectivity index (χ4n) is 6.59. The second-order valence-corrected chi connectivity index (χ2v) is 11.9. The van der Waals surface area contributed by atoms with Crippen molar-refractivity contribution < 1.29 is 14.0 Å². The van der Waals surface area contributed by atoms with E-state index in [1.807, 2.05) is 121 Å². The molecule has 0 saturated carbocycles. The molecule has 0 unspecified atom stereocenters. The molecule has 0 saturated heterocycles. The number of para-hydroxylation sites is 1. The van der Waals surface area contributed by atoms with Gasteiger partial charge in [0.1, 0.15) is 11.2 Å². The summed E-state index contributed by atoms with van der Waals surface area (Å²) in [5.74, 6) is 0.631. The Bertz CT molecular complexity index is 3200. The number of fused-ring (bicyclic) bond motifs is 6. The van der Waals surface area contributed by atoms with Crippen molar-refractivity contribution in [3.8, 4) is 51.0 Å². The molecular formula is C45H28N4O. The highest BCUT2D eigenvalue weighted by atomic mass is 16.3. The Hall–Kier alpha value is -6.85. The van der Waals surface area contributed by atoms with Gasteiger partial charge in [-0.15, -0.1) is 0 Å². The van der Waals surface area contributed by atoms with Crippen LogP contribution in [-0.2, 0) is 0 Å². The number of rotatable bonds is 5. The van der Waals surface area contributed by atoms with Crippen LogP contribution in [0.3, 0.4) is 0 Å². The molecule has 0 atom stereocenters. The maximum absolute atomic E-state index is 9.95.